The molecule has 0 aliphatic heterocycles. The molecule has 1 atom stereocenters. The minimum absolute atomic E-state index is 0.0457. The van der Waals surface area contributed by atoms with Crippen molar-refractivity contribution in [3.63, 3.8) is 0 Å². The van der Waals surface area contributed by atoms with Gasteiger partial charge in [-0.3, -0.25) is 9.20 Å². The predicted molar refractivity (Wildman–Crippen MR) is 129 cm³/mol. The summed E-state index contributed by atoms with van der Waals surface area (Å²) in [5.41, 5.74) is 2.19. The first kappa shape index (κ1) is 22.1. The highest BCUT2D eigenvalue weighted by molar-refractivity contribution is 7.99. The fourth-order valence-electron chi connectivity index (χ4n) is 3.75. The van der Waals surface area contributed by atoms with Crippen molar-refractivity contribution in [1.29, 1.82) is 0 Å². The Hall–Kier alpha value is -3.69. The molecule has 2 heterocycles. The summed E-state index contributed by atoms with van der Waals surface area (Å²) in [6.45, 7) is 1.99. The summed E-state index contributed by atoms with van der Waals surface area (Å²) < 4.78 is 22.0. The van der Waals surface area contributed by atoms with E-state index in [1.807, 2.05) is 53.8 Å². The molecule has 0 saturated heterocycles. The molecule has 0 saturated carbocycles. The standard InChI is InChI=1S/C25H21FN4O3S/c1-16-6-2-4-8-21(16)29-23(32)20-7-3-5-9-22(20)30-24(29)27-28-25(30)34-15-18(31)14-33-19-12-10-17(26)11-13-19/h2-13,18,31H,14-15H2,1H3. The Morgan fingerprint density at radius 2 is 1.76 bits per heavy atom. The molecule has 34 heavy (non-hydrogen) atoms. The van der Waals surface area contributed by atoms with Crippen molar-refractivity contribution in [2.45, 2.75) is 18.2 Å². The van der Waals surface area contributed by atoms with E-state index in [0.717, 1.165) is 11.3 Å². The molecule has 0 radical (unpaired) electrons. The van der Waals surface area contributed by atoms with Crippen LogP contribution in [0.15, 0.2) is 82.7 Å². The number of rotatable bonds is 7. The summed E-state index contributed by atoms with van der Waals surface area (Å²) in [6.07, 6.45) is -0.795. The maximum Gasteiger partial charge on any atom is 0.267 e. The molecular formula is C25H21FN4O3S. The number of benzene rings is 3. The molecule has 5 aromatic rings. The summed E-state index contributed by atoms with van der Waals surface area (Å²) >= 11 is 1.32. The van der Waals surface area contributed by atoms with E-state index in [1.165, 1.54) is 36.0 Å². The van der Waals surface area contributed by atoms with E-state index >= 15 is 0 Å². The zero-order valence-corrected chi connectivity index (χ0v) is 19.1. The third kappa shape index (κ3) is 4.15. The monoisotopic (exact) mass is 476 g/mol. The second kappa shape index (κ2) is 9.28. The van der Waals surface area contributed by atoms with Gasteiger partial charge >= 0.3 is 0 Å². The van der Waals surface area contributed by atoms with Crippen LogP contribution in [0.4, 0.5) is 4.39 Å². The zero-order valence-electron chi connectivity index (χ0n) is 18.3. The topological polar surface area (TPSA) is 81.7 Å². The Kier molecular flexibility index (Phi) is 6.04. The van der Waals surface area contributed by atoms with Crippen molar-refractivity contribution in [3.8, 4) is 11.4 Å². The molecule has 0 bridgehead atoms. The van der Waals surface area contributed by atoms with Crippen LogP contribution in [0.5, 0.6) is 5.75 Å². The number of fused-ring (bicyclic) bond motifs is 3. The van der Waals surface area contributed by atoms with Gasteiger partial charge in [0.2, 0.25) is 5.78 Å². The van der Waals surface area contributed by atoms with Gasteiger partial charge in [0.1, 0.15) is 18.2 Å². The van der Waals surface area contributed by atoms with Gasteiger partial charge in [0.05, 0.1) is 22.7 Å². The SMILES string of the molecule is Cc1ccccc1-n1c(=O)c2ccccc2n2c(SCC(O)COc3ccc(F)cc3)nnc12. The normalized spacial score (nSPS) is 12.3. The number of thioether (sulfide) groups is 1. The van der Waals surface area contributed by atoms with E-state index in [2.05, 4.69) is 10.2 Å². The van der Waals surface area contributed by atoms with Gasteiger partial charge in [0.25, 0.3) is 5.56 Å². The number of aliphatic hydroxyl groups is 1. The lowest BCUT2D eigenvalue weighted by Gasteiger charge is -2.14. The smallest absolute Gasteiger partial charge is 0.267 e. The number of ether oxygens (including phenoxy) is 1. The van der Waals surface area contributed by atoms with E-state index in [0.29, 0.717) is 33.3 Å². The fraction of sp³-hybridized carbons (Fsp3) is 0.160. The van der Waals surface area contributed by atoms with Gasteiger partial charge in [-0.1, -0.05) is 42.1 Å². The van der Waals surface area contributed by atoms with Crippen LogP contribution in [0, 0.1) is 12.7 Å². The Morgan fingerprint density at radius 1 is 1.03 bits per heavy atom. The highest BCUT2D eigenvalue weighted by atomic mass is 32.2. The Balaban J connectivity index is 1.47. The van der Waals surface area contributed by atoms with Crippen LogP contribution in [-0.2, 0) is 0 Å². The molecule has 0 aliphatic carbocycles. The lowest BCUT2D eigenvalue weighted by molar-refractivity contribution is 0.126. The number of hydrogen-bond donors (Lipinski definition) is 1. The molecule has 1 N–H and O–H groups in total. The molecule has 1 unspecified atom stereocenters. The minimum Gasteiger partial charge on any atom is -0.491 e. The largest absolute Gasteiger partial charge is 0.491 e. The Bertz CT molecular complexity index is 1530. The highest BCUT2D eigenvalue weighted by Crippen LogP contribution is 2.24. The molecular weight excluding hydrogens is 455 g/mol. The number of aliphatic hydroxyl groups excluding tert-OH is 1. The maximum absolute atomic E-state index is 13.4. The van der Waals surface area contributed by atoms with Crippen LogP contribution in [0.2, 0.25) is 0 Å². The van der Waals surface area contributed by atoms with E-state index in [4.69, 9.17) is 4.74 Å². The van der Waals surface area contributed by atoms with Gasteiger partial charge < -0.3 is 9.84 Å². The number of aryl methyl sites for hydroxylation is 1. The number of aromatic nitrogens is 4. The van der Waals surface area contributed by atoms with Crippen LogP contribution in [0.25, 0.3) is 22.4 Å². The van der Waals surface area contributed by atoms with Crippen molar-refractivity contribution < 1.29 is 14.2 Å². The van der Waals surface area contributed by atoms with E-state index in [-0.39, 0.29) is 18.0 Å². The summed E-state index contributed by atoms with van der Waals surface area (Å²) in [6, 6.07) is 20.6. The number of halogens is 1. The van der Waals surface area contributed by atoms with Crippen molar-refractivity contribution >= 4 is 28.4 Å². The van der Waals surface area contributed by atoms with Gasteiger partial charge in [-0.05, 0) is 55.0 Å². The average Bonchev–Trinajstić information content (AvgIpc) is 3.27. The first-order chi connectivity index (χ1) is 16.5. The van der Waals surface area contributed by atoms with Crippen molar-refractivity contribution in [2.75, 3.05) is 12.4 Å². The van der Waals surface area contributed by atoms with Crippen LogP contribution >= 0.6 is 11.8 Å². The molecule has 3 aromatic carbocycles. The molecule has 0 spiro atoms. The summed E-state index contributed by atoms with van der Waals surface area (Å²) in [4.78, 5) is 13.4. The van der Waals surface area contributed by atoms with Crippen LogP contribution in [0.3, 0.4) is 0 Å². The van der Waals surface area contributed by atoms with Crippen molar-refractivity contribution in [1.82, 2.24) is 19.2 Å². The van der Waals surface area contributed by atoms with Gasteiger partial charge in [0.15, 0.2) is 5.16 Å². The third-order valence-electron chi connectivity index (χ3n) is 5.41. The predicted octanol–water partition coefficient (Wildman–Crippen LogP) is 4.01. The molecule has 0 aliphatic rings. The van der Waals surface area contributed by atoms with Gasteiger partial charge in [-0.2, -0.15) is 0 Å². The average molecular weight is 477 g/mol. The molecule has 172 valence electrons. The van der Waals surface area contributed by atoms with Gasteiger partial charge in [-0.25, -0.2) is 8.96 Å². The second-order valence-corrected chi connectivity index (χ2v) is 8.78. The fourth-order valence-corrected chi connectivity index (χ4v) is 4.59. The Morgan fingerprint density at radius 3 is 2.56 bits per heavy atom. The first-order valence-corrected chi connectivity index (χ1v) is 11.7. The van der Waals surface area contributed by atoms with Crippen LogP contribution in [-0.4, -0.2) is 42.7 Å². The lowest BCUT2D eigenvalue weighted by Crippen LogP contribution is -2.23. The third-order valence-corrected chi connectivity index (χ3v) is 6.49. The zero-order chi connectivity index (χ0) is 23.7. The van der Waals surface area contributed by atoms with Gasteiger partial charge in [0, 0.05) is 5.75 Å². The van der Waals surface area contributed by atoms with Crippen molar-refractivity contribution in [2.24, 2.45) is 0 Å². The quantitative estimate of drug-likeness (QED) is 0.358. The van der Waals surface area contributed by atoms with Gasteiger partial charge in [-0.15, -0.1) is 10.2 Å². The Labute approximate surface area is 198 Å². The van der Waals surface area contributed by atoms with Crippen molar-refractivity contribution in [3.05, 3.63) is 94.5 Å². The van der Waals surface area contributed by atoms with E-state index < -0.39 is 6.10 Å². The van der Waals surface area contributed by atoms with E-state index in [1.54, 1.807) is 10.6 Å². The molecule has 0 fully saturated rings. The molecule has 0 amide bonds. The molecule has 2 aromatic heterocycles. The molecule has 5 rings (SSSR count). The number of para-hydroxylation sites is 2. The molecule has 9 heteroatoms. The summed E-state index contributed by atoms with van der Waals surface area (Å²) in [7, 11) is 0. The minimum atomic E-state index is -0.795. The van der Waals surface area contributed by atoms with E-state index in [9.17, 15) is 14.3 Å². The van der Waals surface area contributed by atoms with Crippen LogP contribution in [0.1, 0.15) is 5.56 Å². The maximum atomic E-state index is 13.4. The summed E-state index contributed by atoms with van der Waals surface area (Å²) in [5.74, 6) is 0.822. The first-order valence-electron chi connectivity index (χ1n) is 10.7. The second-order valence-electron chi connectivity index (χ2n) is 7.79. The lowest BCUT2D eigenvalue weighted by atomic mass is 10.2. The highest BCUT2D eigenvalue weighted by Gasteiger charge is 2.19. The number of hydrogen-bond acceptors (Lipinski definition) is 6. The number of nitrogens with zero attached hydrogens (tertiary/aromatic N) is 4. The van der Waals surface area contributed by atoms with Crippen LogP contribution < -0.4 is 10.3 Å². The summed E-state index contributed by atoms with van der Waals surface area (Å²) in [5, 5.41) is 20.2. The molecule has 7 nitrogen and oxygen atoms in total.